The van der Waals surface area contributed by atoms with Crippen LogP contribution in [0.1, 0.15) is 32.8 Å². The van der Waals surface area contributed by atoms with Crippen molar-refractivity contribution in [3.8, 4) is 5.75 Å². The van der Waals surface area contributed by atoms with Crippen molar-refractivity contribution in [2.75, 3.05) is 20.2 Å². The predicted molar refractivity (Wildman–Crippen MR) is 87.2 cm³/mol. The zero-order chi connectivity index (χ0) is 16.2. The molecule has 0 fully saturated rings. The number of hydrogen-bond acceptors (Lipinski definition) is 3. The Kier molecular flexibility index (Phi) is 5.11. The van der Waals surface area contributed by atoms with Crippen LogP contribution < -0.4 is 4.74 Å². The van der Waals surface area contributed by atoms with Gasteiger partial charge in [-0.25, -0.2) is 4.79 Å². The molecule has 0 saturated carbocycles. The molecule has 1 aliphatic rings. The largest absolute Gasteiger partial charge is 0.496 e. The predicted octanol–water partition coefficient (Wildman–Crippen LogP) is 3.80. The topological polar surface area (TPSA) is 38.8 Å². The first kappa shape index (κ1) is 16.4. The van der Waals surface area contributed by atoms with Gasteiger partial charge in [0.15, 0.2) is 0 Å². The molecule has 0 unspecified atom stereocenters. The Bertz CT molecular complexity index is 558. The van der Waals surface area contributed by atoms with E-state index in [1.807, 2.05) is 39.0 Å². The summed E-state index contributed by atoms with van der Waals surface area (Å²) in [5.74, 6) is 0.915. The number of carbonyl (C=O) groups is 1. The first-order chi connectivity index (χ1) is 10.4. The van der Waals surface area contributed by atoms with Crippen LogP contribution in [0, 0.1) is 0 Å². The van der Waals surface area contributed by atoms with Crippen LogP contribution in [0.25, 0.3) is 0 Å². The Hall–Kier alpha value is -1.97. The van der Waals surface area contributed by atoms with Gasteiger partial charge in [0.2, 0.25) is 0 Å². The number of ether oxygens (including phenoxy) is 2. The van der Waals surface area contributed by atoms with E-state index in [2.05, 4.69) is 12.1 Å². The van der Waals surface area contributed by atoms with Gasteiger partial charge in [0.25, 0.3) is 0 Å². The summed E-state index contributed by atoms with van der Waals surface area (Å²) in [6, 6.07) is 8.06. The molecular formula is C18H25NO3. The number of carbonyl (C=O) groups excluding carboxylic acids is 1. The van der Waals surface area contributed by atoms with E-state index in [-0.39, 0.29) is 6.09 Å². The molecule has 0 aliphatic carbocycles. The Balaban J connectivity index is 1.96. The van der Waals surface area contributed by atoms with Gasteiger partial charge >= 0.3 is 6.09 Å². The fourth-order valence-corrected chi connectivity index (χ4v) is 2.46. The Labute approximate surface area is 132 Å². The summed E-state index contributed by atoms with van der Waals surface area (Å²) in [7, 11) is 1.69. The van der Waals surface area contributed by atoms with Crippen LogP contribution in [0.15, 0.2) is 35.9 Å². The van der Waals surface area contributed by atoms with Crippen molar-refractivity contribution in [2.24, 2.45) is 0 Å². The van der Waals surface area contributed by atoms with E-state index in [0.717, 1.165) is 18.6 Å². The van der Waals surface area contributed by atoms with Crippen molar-refractivity contribution >= 4 is 6.09 Å². The standard InChI is InChI=1S/C18H25NO3/c1-18(2,3)22-17(20)19-11-9-14(10-12-19)13-15-7-5-6-8-16(15)21-4/h5-9H,10-13H2,1-4H3. The van der Waals surface area contributed by atoms with Crippen LogP contribution >= 0.6 is 0 Å². The molecule has 1 aliphatic heterocycles. The van der Waals surface area contributed by atoms with Gasteiger partial charge in [0.05, 0.1) is 7.11 Å². The first-order valence-corrected chi connectivity index (χ1v) is 7.67. The molecule has 2 rings (SSSR count). The number of benzene rings is 1. The monoisotopic (exact) mass is 303 g/mol. The molecule has 1 heterocycles. The third-order valence-corrected chi connectivity index (χ3v) is 3.56. The second-order valence-electron chi connectivity index (χ2n) is 6.53. The lowest BCUT2D eigenvalue weighted by Gasteiger charge is -2.29. The smallest absolute Gasteiger partial charge is 0.410 e. The molecule has 0 radical (unpaired) electrons. The van der Waals surface area contributed by atoms with Gasteiger partial charge in [0.1, 0.15) is 11.4 Å². The number of methoxy groups -OCH3 is 1. The fourth-order valence-electron chi connectivity index (χ4n) is 2.46. The average Bonchev–Trinajstić information content (AvgIpc) is 2.47. The zero-order valence-electron chi connectivity index (χ0n) is 13.9. The molecule has 0 saturated heterocycles. The highest BCUT2D eigenvalue weighted by Gasteiger charge is 2.23. The zero-order valence-corrected chi connectivity index (χ0v) is 13.9. The molecule has 4 nitrogen and oxygen atoms in total. The Morgan fingerprint density at radius 3 is 2.59 bits per heavy atom. The van der Waals surface area contributed by atoms with Crippen molar-refractivity contribution in [1.82, 2.24) is 4.90 Å². The maximum atomic E-state index is 12.0. The molecule has 4 heteroatoms. The second kappa shape index (κ2) is 6.86. The third kappa shape index (κ3) is 4.52. The summed E-state index contributed by atoms with van der Waals surface area (Å²) in [4.78, 5) is 13.8. The highest BCUT2D eigenvalue weighted by molar-refractivity contribution is 5.68. The van der Waals surface area contributed by atoms with Crippen LogP contribution in [-0.4, -0.2) is 36.8 Å². The van der Waals surface area contributed by atoms with Gasteiger partial charge in [-0.2, -0.15) is 0 Å². The summed E-state index contributed by atoms with van der Waals surface area (Å²) in [6.45, 7) is 6.97. The fraction of sp³-hybridized carbons (Fsp3) is 0.500. The van der Waals surface area contributed by atoms with Crippen molar-refractivity contribution in [1.29, 1.82) is 0 Å². The average molecular weight is 303 g/mol. The van der Waals surface area contributed by atoms with Crippen LogP contribution in [0.4, 0.5) is 4.79 Å². The molecule has 120 valence electrons. The maximum absolute atomic E-state index is 12.0. The van der Waals surface area contributed by atoms with Crippen molar-refractivity contribution in [2.45, 2.75) is 39.2 Å². The number of nitrogens with zero attached hydrogens (tertiary/aromatic N) is 1. The first-order valence-electron chi connectivity index (χ1n) is 7.67. The van der Waals surface area contributed by atoms with E-state index in [0.29, 0.717) is 13.1 Å². The van der Waals surface area contributed by atoms with E-state index < -0.39 is 5.60 Å². The van der Waals surface area contributed by atoms with Gasteiger partial charge in [-0.1, -0.05) is 29.8 Å². The molecule has 0 bridgehead atoms. The molecule has 0 N–H and O–H groups in total. The molecular weight excluding hydrogens is 278 g/mol. The summed E-state index contributed by atoms with van der Waals surface area (Å²) in [5, 5.41) is 0. The maximum Gasteiger partial charge on any atom is 0.410 e. The summed E-state index contributed by atoms with van der Waals surface area (Å²) in [5.41, 5.74) is 2.07. The number of rotatable bonds is 3. The highest BCUT2D eigenvalue weighted by atomic mass is 16.6. The molecule has 0 atom stereocenters. The number of amides is 1. The molecule has 1 aromatic carbocycles. The lowest BCUT2D eigenvalue weighted by atomic mass is 9.99. The minimum Gasteiger partial charge on any atom is -0.496 e. The van der Waals surface area contributed by atoms with Gasteiger partial charge in [-0.15, -0.1) is 0 Å². The Morgan fingerprint density at radius 2 is 2.00 bits per heavy atom. The lowest BCUT2D eigenvalue weighted by Crippen LogP contribution is -2.39. The second-order valence-corrected chi connectivity index (χ2v) is 6.53. The van der Waals surface area contributed by atoms with Gasteiger partial charge in [-0.3, -0.25) is 0 Å². The third-order valence-electron chi connectivity index (χ3n) is 3.56. The van der Waals surface area contributed by atoms with E-state index >= 15 is 0 Å². The molecule has 22 heavy (non-hydrogen) atoms. The highest BCUT2D eigenvalue weighted by Crippen LogP contribution is 2.24. The van der Waals surface area contributed by atoms with Gasteiger partial charge in [0, 0.05) is 13.1 Å². The van der Waals surface area contributed by atoms with E-state index in [1.54, 1.807) is 12.0 Å². The van der Waals surface area contributed by atoms with E-state index in [9.17, 15) is 4.79 Å². The van der Waals surface area contributed by atoms with Crippen LogP contribution in [-0.2, 0) is 11.2 Å². The minimum absolute atomic E-state index is 0.236. The molecule has 0 spiro atoms. The molecule has 1 amide bonds. The quantitative estimate of drug-likeness (QED) is 0.797. The normalized spacial score (nSPS) is 15.3. The van der Waals surface area contributed by atoms with Gasteiger partial charge < -0.3 is 14.4 Å². The summed E-state index contributed by atoms with van der Waals surface area (Å²) < 4.78 is 10.8. The van der Waals surface area contributed by atoms with Crippen molar-refractivity contribution in [3.63, 3.8) is 0 Å². The Morgan fingerprint density at radius 1 is 1.27 bits per heavy atom. The summed E-state index contributed by atoms with van der Waals surface area (Å²) >= 11 is 0. The lowest BCUT2D eigenvalue weighted by molar-refractivity contribution is 0.0265. The van der Waals surface area contributed by atoms with E-state index in [1.165, 1.54) is 11.1 Å². The SMILES string of the molecule is COc1ccccc1CC1=CCN(C(=O)OC(C)(C)C)CC1. The minimum atomic E-state index is -0.446. The van der Waals surface area contributed by atoms with Crippen molar-refractivity contribution in [3.05, 3.63) is 41.5 Å². The molecule has 1 aromatic rings. The van der Waals surface area contributed by atoms with Crippen LogP contribution in [0.2, 0.25) is 0 Å². The van der Waals surface area contributed by atoms with Crippen LogP contribution in [0.5, 0.6) is 5.75 Å². The van der Waals surface area contributed by atoms with E-state index in [4.69, 9.17) is 9.47 Å². The van der Waals surface area contributed by atoms with Crippen LogP contribution in [0.3, 0.4) is 0 Å². The molecule has 0 aromatic heterocycles. The summed E-state index contributed by atoms with van der Waals surface area (Å²) in [6.07, 6.45) is 3.63. The van der Waals surface area contributed by atoms with Crippen molar-refractivity contribution < 1.29 is 14.3 Å². The number of para-hydroxylation sites is 1. The number of hydrogen-bond donors (Lipinski definition) is 0. The van der Waals surface area contributed by atoms with Gasteiger partial charge in [-0.05, 0) is 45.2 Å².